The molecule has 0 radical (unpaired) electrons. The van der Waals surface area contributed by atoms with Gasteiger partial charge in [-0.3, -0.25) is 4.79 Å². The molecule has 1 N–H and O–H groups in total. The number of benzene rings is 1. The number of aromatic nitrogens is 1. The van der Waals surface area contributed by atoms with Crippen LogP contribution in [0.4, 0.5) is 4.39 Å². The lowest BCUT2D eigenvalue weighted by Crippen LogP contribution is -2.38. The predicted molar refractivity (Wildman–Crippen MR) is 80.8 cm³/mol. The van der Waals surface area contributed by atoms with Crippen molar-refractivity contribution in [3.05, 3.63) is 52.2 Å². The van der Waals surface area contributed by atoms with E-state index in [2.05, 4.69) is 10.3 Å². The molecule has 0 bridgehead atoms. The number of thiazole rings is 1. The van der Waals surface area contributed by atoms with Gasteiger partial charge in [-0.1, -0.05) is 18.6 Å². The minimum absolute atomic E-state index is 0.0905. The first kappa shape index (κ1) is 14.2. The highest BCUT2D eigenvalue weighted by Gasteiger charge is 2.29. The molecule has 2 aromatic rings. The molecular weight excluding hydrogens is 287 g/mol. The highest BCUT2D eigenvalue weighted by atomic mass is 32.1. The molecular formula is C16H17FN2OS. The third-order valence-electron chi connectivity index (χ3n) is 4.05. The Hall–Kier alpha value is -1.75. The van der Waals surface area contributed by atoms with Gasteiger partial charge in [0.05, 0.1) is 5.51 Å². The number of halogens is 1. The van der Waals surface area contributed by atoms with E-state index in [1.165, 1.54) is 23.5 Å². The standard InChI is InChI=1S/C16H17FN2OS/c17-13-6-4-11(5-7-13)8-12-2-1-3-14(12)19-16(20)15-9-21-10-18-15/h4-7,9-10,12,14H,1-3,8H2,(H,19,20)/t12-,14-/m0/s1. The van der Waals surface area contributed by atoms with E-state index in [-0.39, 0.29) is 17.8 Å². The fourth-order valence-corrected chi connectivity index (χ4v) is 3.49. The molecule has 5 heteroatoms. The van der Waals surface area contributed by atoms with Gasteiger partial charge in [-0.15, -0.1) is 11.3 Å². The summed E-state index contributed by atoms with van der Waals surface area (Å²) in [7, 11) is 0. The van der Waals surface area contributed by atoms with Crippen molar-refractivity contribution in [1.82, 2.24) is 10.3 Å². The molecule has 2 atom stereocenters. The van der Waals surface area contributed by atoms with Crippen LogP contribution in [-0.2, 0) is 6.42 Å². The summed E-state index contributed by atoms with van der Waals surface area (Å²) < 4.78 is 12.9. The normalized spacial score (nSPS) is 21.4. The lowest BCUT2D eigenvalue weighted by molar-refractivity contribution is 0.0923. The summed E-state index contributed by atoms with van der Waals surface area (Å²) in [5.41, 5.74) is 3.28. The van der Waals surface area contributed by atoms with Gasteiger partial charge < -0.3 is 5.32 Å². The van der Waals surface area contributed by atoms with Crippen molar-refractivity contribution < 1.29 is 9.18 Å². The van der Waals surface area contributed by atoms with Crippen LogP contribution in [0.5, 0.6) is 0 Å². The summed E-state index contributed by atoms with van der Waals surface area (Å²) >= 11 is 1.42. The lowest BCUT2D eigenvalue weighted by atomic mass is 9.94. The Kier molecular flexibility index (Phi) is 4.29. The van der Waals surface area contributed by atoms with Gasteiger partial charge in [0.2, 0.25) is 0 Å². The van der Waals surface area contributed by atoms with Gasteiger partial charge in [-0.2, -0.15) is 0 Å². The number of carbonyl (C=O) groups excluding carboxylic acids is 1. The molecule has 1 aliphatic carbocycles. The number of rotatable bonds is 4. The number of amides is 1. The lowest BCUT2D eigenvalue weighted by Gasteiger charge is -2.20. The molecule has 0 aliphatic heterocycles. The Morgan fingerprint density at radius 2 is 2.14 bits per heavy atom. The molecule has 1 saturated carbocycles. The molecule has 1 amide bonds. The first-order chi connectivity index (χ1) is 10.2. The Balaban J connectivity index is 1.62. The van der Waals surface area contributed by atoms with E-state index in [0.29, 0.717) is 11.6 Å². The first-order valence-corrected chi connectivity index (χ1v) is 8.10. The third-order valence-corrected chi connectivity index (χ3v) is 4.64. The van der Waals surface area contributed by atoms with Crippen molar-refractivity contribution in [2.24, 2.45) is 5.92 Å². The predicted octanol–water partition coefficient (Wildman–Crippen LogP) is 3.42. The topological polar surface area (TPSA) is 42.0 Å². The second kappa shape index (κ2) is 6.35. The zero-order valence-corrected chi connectivity index (χ0v) is 12.4. The van der Waals surface area contributed by atoms with Crippen LogP contribution >= 0.6 is 11.3 Å². The number of hydrogen-bond donors (Lipinski definition) is 1. The molecule has 0 spiro atoms. The van der Waals surface area contributed by atoms with Crippen LogP contribution in [0.1, 0.15) is 35.3 Å². The van der Waals surface area contributed by atoms with Gasteiger partial charge in [0.25, 0.3) is 5.91 Å². The number of nitrogens with one attached hydrogen (secondary N) is 1. The second-order valence-electron chi connectivity index (χ2n) is 5.48. The molecule has 1 aromatic heterocycles. The van der Waals surface area contributed by atoms with Crippen molar-refractivity contribution in [3.8, 4) is 0 Å². The number of hydrogen-bond acceptors (Lipinski definition) is 3. The summed E-state index contributed by atoms with van der Waals surface area (Å²) in [4.78, 5) is 16.1. The van der Waals surface area contributed by atoms with Crippen LogP contribution in [0.3, 0.4) is 0 Å². The molecule has 3 nitrogen and oxygen atoms in total. The van der Waals surface area contributed by atoms with Crippen molar-refractivity contribution in [3.63, 3.8) is 0 Å². The average Bonchev–Trinajstić information content (AvgIpc) is 3.14. The smallest absolute Gasteiger partial charge is 0.270 e. The SMILES string of the molecule is O=C(N[C@H]1CCC[C@H]1Cc1ccc(F)cc1)c1cscn1. The van der Waals surface area contributed by atoms with Gasteiger partial charge in [-0.05, 0) is 42.9 Å². The highest BCUT2D eigenvalue weighted by molar-refractivity contribution is 7.07. The molecule has 0 unspecified atom stereocenters. The van der Waals surface area contributed by atoms with Crippen LogP contribution in [0.15, 0.2) is 35.2 Å². The zero-order chi connectivity index (χ0) is 14.7. The van der Waals surface area contributed by atoms with E-state index in [1.54, 1.807) is 10.9 Å². The molecule has 21 heavy (non-hydrogen) atoms. The Bertz CT molecular complexity index is 597. The van der Waals surface area contributed by atoms with Gasteiger partial charge in [-0.25, -0.2) is 9.37 Å². The van der Waals surface area contributed by atoms with Gasteiger partial charge in [0.1, 0.15) is 11.5 Å². The van der Waals surface area contributed by atoms with E-state index in [9.17, 15) is 9.18 Å². The van der Waals surface area contributed by atoms with Gasteiger partial charge in [0.15, 0.2) is 0 Å². The maximum atomic E-state index is 12.9. The third kappa shape index (κ3) is 3.47. The van der Waals surface area contributed by atoms with E-state index in [1.807, 2.05) is 12.1 Å². The van der Waals surface area contributed by atoms with Crippen molar-refractivity contribution in [2.45, 2.75) is 31.7 Å². The van der Waals surface area contributed by atoms with Crippen LogP contribution in [0, 0.1) is 11.7 Å². The maximum Gasteiger partial charge on any atom is 0.270 e. The van der Waals surface area contributed by atoms with E-state index < -0.39 is 0 Å². The largest absolute Gasteiger partial charge is 0.348 e. The molecule has 1 heterocycles. The summed E-state index contributed by atoms with van der Waals surface area (Å²) in [6.45, 7) is 0. The fraction of sp³-hybridized carbons (Fsp3) is 0.375. The minimum Gasteiger partial charge on any atom is -0.348 e. The maximum absolute atomic E-state index is 12.9. The summed E-state index contributed by atoms with van der Waals surface area (Å²) in [6.07, 6.45) is 4.09. The van der Waals surface area contributed by atoms with E-state index >= 15 is 0 Å². The minimum atomic E-state index is -0.210. The van der Waals surface area contributed by atoms with Crippen molar-refractivity contribution in [2.75, 3.05) is 0 Å². The van der Waals surface area contributed by atoms with Crippen molar-refractivity contribution >= 4 is 17.2 Å². The number of carbonyl (C=O) groups is 1. The van der Waals surface area contributed by atoms with E-state index in [0.717, 1.165) is 31.2 Å². The van der Waals surface area contributed by atoms with Crippen LogP contribution in [0.25, 0.3) is 0 Å². The molecule has 0 saturated heterocycles. The van der Waals surface area contributed by atoms with Crippen LogP contribution in [-0.4, -0.2) is 16.9 Å². The quantitative estimate of drug-likeness (QED) is 0.940. The Morgan fingerprint density at radius 1 is 1.33 bits per heavy atom. The highest BCUT2D eigenvalue weighted by Crippen LogP contribution is 2.29. The average molecular weight is 304 g/mol. The van der Waals surface area contributed by atoms with E-state index in [4.69, 9.17) is 0 Å². The Morgan fingerprint density at radius 3 is 2.86 bits per heavy atom. The van der Waals surface area contributed by atoms with Crippen LogP contribution < -0.4 is 5.32 Å². The summed E-state index contributed by atoms with van der Waals surface area (Å²) in [5, 5.41) is 4.86. The monoisotopic (exact) mass is 304 g/mol. The molecule has 1 aliphatic rings. The van der Waals surface area contributed by atoms with Gasteiger partial charge >= 0.3 is 0 Å². The molecule has 1 aromatic carbocycles. The summed E-state index contributed by atoms with van der Waals surface area (Å²) in [6, 6.07) is 6.82. The second-order valence-corrected chi connectivity index (χ2v) is 6.19. The zero-order valence-electron chi connectivity index (χ0n) is 11.6. The van der Waals surface area contributed by atoms with Crippen LogP contribution in [0.2, 0.25) is 0 Å². The molecule has 110 valence electrons. The number of nitrogens with zero attached hydrogens (tertiary/aromatic N) is 1. The molecule has 1 fully saturated rings. The fourth-order valence-electron chi connectivity index (χ4n) is 2.96. The van der Waals surface area contributed by atoms with Crippen molar-refractivity contribution in [1.29, 1.82) is 0 Å². The molecule has 3 rings (SSSR count). The Labute approximate surface area is 127 Å². The first-order valence-electron chi connectivity index (χ1n) is 7.16. The summed E-state index contributed by atoms with van der Waals surface area (Å²) in [5.74, 6) is 0.115. The van der Waals surface area contributed by atoms with Gasteiger partial charge in [0, 0.05) is 11.4 Å².